The van der Waals surface area contributed by atoms with E-state index in [0.717, 1.165) is 24.1 Å². The Hall–Kier alpha value is -2.25. The Morgan fingerprint density at radius 2 is 2.14 bits per heavy atom. The molecule has 0 saturated carbocycles. The molecule has 28 heavy (non-hydrogen) atoms. The Morgan fingerprint density at radius 1 is 1.32 bits per heavy atom. The van der Waals surface area contributed by atoms with Gasteiger partial charge in [-0.25, -0.2) is 4.98 Å². The second-order valence-electron chi connectivity index (χ2n) is 7.45. The number of thiazole rings is 1. The molecular weight excluding hydrogens is 374 g/mol. The van der Waals surface area contributed by atoms with E-state index in [9.17, 15) is 9.59 Å². The SMILES string of the molecule is COCCN1CC(C(=O)Nc2nc(-c3ccc4c(c3)CCCC4)cs2)CC1=O. The quantitative estimate of drug-likeness (QED) is 0.810. The molecule has 1 atom stereocenters. The molecule has 0 bridgehead atoms. The molecule has 2 aromatic rings. The average molecular weight is 400 g/mol. The average Bonchev–Trinajstić information content (AvgIpc) is 3.32. The van der Waals surface area contributed by atoms with E-state index in [4.69, 9.17) is 4.74 Å². The van der Waals surface area contributed by atoms with Crippen molar-refractivity contribution in [2.45, 2.75) is 32.1 Å². The van der Waals surface area contributed by atoms with Crippen LogP contribution in [-0.4, -0.2) is 48.5 Å². The van der Waals surface area contributed by atoms with Crippen molar-refractivity contribution >= 4 is 28.3 Å². The minimum Gasteiger partial charge on any atom is -0.383 e. The number of ether oxygens (including phenoxy) is 1. The van der Waals surface area contributed by atoms with Gasteiger partial charge in [-0.15, -0.1) is 11.3 Å². The maximum atomic E-state index is 12.6. The van der Waals surface area contributed by atoms with Crippen LogP contribution in [0.2, 0.25) is 0 Å². The van der Waals surface area contributed by atoms with Crippen molar-refractivity contribution in [2.24, 2.45) is 5.92 Å². The second-order valence-corrected chi connectivity index (χ2v) is 8.31. The summed E-state index contributed by atoms with van der Waals surface area (Å²) in [5, 5.41) is 5.45. The minimum absolute atomic E-state index is 0.00564. The van der Waals surface area contributed by atoms with Gasteiger partial charge in [0.25, 0.3) is 0 Å². The molecule has 2 heterocycles. The van der Waals surface area contributed by atoms with Crippen LogP contribution in [0.25, 0.3) is 11.3 Å². The van der Waals surface area contributed by atoms with Gasteiger partial charge in [-0.3, -0.25) is 9.59 Å². The Labute approximate surface area is 168 Å². The number of benzene rings is 1. The first-order chi connectivity index (χ1) is 13.6. The lowest BCUT2D eigenvalue weighted by Gasteiger charge is -2.16. The first-order valence-electron chi connectivity index (χ1n) is 9.79. The highest BCUT2D eigenvalue weighted by molar-refractivity contribution is 7.14. The summed E-state index contributed by atoms with van der Waals surface area (Å²) in [6.45, 7) is 1.45. The number of carbonyl (C=O) groups excluding carboxylic acids is 2. The predicted octanol–water partition coefficient (Wildman–Crippen LogP) is 3.12. The Morgan fingerprint density at radius 3 is 2.96 bits per heavy atom. The van der Waals surface area contributed by atoms with Crippen LogP contribution < -0.4 is 5.32 Å². The number of methoxy groups -OCH3 is 1. The summed E-state index contributed by atoms with van der Waals surface area (Å²) < 4.78 is 5.02. The molecule has 1 aromatic heterocycles. The summed E-state index contributed by atoms with van der Waals surface area (Å²) in [5.74, 6) is -0.467. The van der Waals surface area contributed by atoms with Crippen molar-refractivity contribution in [2.75, 3.05) is 32.1 Å². The Balaban J connectivity index is 1.40. The van der Waals surface area contributed by atoms with Gasteiger partial charge in [0.2, 0.25) is 11.8 Å². The van der Waals surface area contributed by atoms with Crippen LogP contribution in [0, 0.1) is 5.92 Å². The fraction of sp³-hybridized carbons (Fsp3) is 0.476. The molecule has 4 rings (SSSR count). The molecule has 2 aliphatic rings. The molecule has 1 unspecified atom stereocenters. The summed E-state index contributed by atoms with van der Waals surface area (Å²) >= 11 is 1.42. The van der Waals surface area contributed by atoms with Crippen molar-refractivity contribution in [3.63, 3.8) is 0 Å². The largest absolute Gasteiger partial charge is 0.383 e. The van der Waals surface area contributed by atoms with E-state index >= 15 is 0 Å². The molecular formula is C21H25N3O3S. The summed E-state index contributed by atoms with van der Waals surface area (Å²) in [5.41, 5.74) is 4.85. The topological polar surface area (TPSA) is 71.5 Å². The zero-order valence-corrected chi connectivity index (χ0v) is 16.9. The van der Waals surface area contributed by atoms with E-state index < -0.39 is 0 Å². The molecule has 1 N–H and O–H groups in total. The predicted molar refractivity (Wildman–Crippen MR) is 109 cm³/mol. The van der Waals surface area contributed by atoms with E-state index in [1.807, 2.05) is 5.38 Å². The number of amides is 2. The third-order valence-corrected chi connectivity index (χ3v) is 6.29. The molecule has 0 radical (unpaired) electrons. The van der Waals surface area contributed by atoms with Crippen molar-refractivity contribution in [3.8, 4) is 11.3 Å². The van der Waals surface area contributed by atoms with Gasteiger partial charge in [0.1, 0.15) is 0 Å². The van der Waals surface area contributed by atoms with Crippen molar-refractivity contribution in [3.05, 3.63) is 34.7 Å². The van der Waals surface area contributed by atoms with E-state index in [0.29, 0.717) is 24.8 Å². The third-order valence-electron chi connectivity index (χ3n) is 5.53. The number of hydrogen-bond donors (Lipinski definition) is 1. The van der Waals surface area contributed by atoms with Crippen molar-refractivity contribution in [1.29, 1.82) is 0 Å². The van der Waals surface area contributed by atoms with Crippen LogP contribution in [-0.2, 0) is 27.2 Å². The molecule has 2 amide bonds. The number of carbonyl (C=O) groups is 2. The Kier molecular flexibility index (Phi) is 5.73. The van der Waals surface area contributed by atoms with Gasteiger partial charge in [-0.1, -0.05) is 12.1 Å². The molecule has 6 nitrogen and oxygen atoms in total. The van der Waals surface area contributed by atoms with E-state index in [2.05, 4.69) is 28.5 Å². The number of nitrogens with one attached hydrogen (secondary N) is 1. The molecule has 7 heteroatoms. The zero-order valence-electron chi connectivity index (χ0n) is 16.1. The van der Waals surface area contributed by atoms with Crippen LogP contribution in [0.15, 0.2) is 23.6 Å². The maximum Gasteiger partial charge on any atom is 0.231 e. The number of likely N-dealkylation sites (tertiary alicyclic amines) is 1. The van der Waals surface area contributed by atoms with E-state index in [-0.39, 0.29) is 24.2 Å². The molecule has 1 aliphatic heterocycles. The van der Waals surface area contributed by atoms with Crippen molar-refractivity contribution in [1.82, 2.24) is 9.88 Å². The van der Waals surface area contributed by atoms with Gasteiger partial charge in [0.05, 0.1) is 18.2 Å². The first kappa shape index (κ1) is 19.1. The smallest absolute Gasteiger partial charge is 0.231 e. The highest BCUT2D eigenvalue weighted by Gasteiger charge is 2.34. The van der Waals surface area contributed by atoms with Crippen LogP contribution in [0.3, 0.4) is 0 Å². The molecule has 1 aromatic carbocycles. The summed E-state index contributed by atoms with van der Waals surface area (Å²) in [7, 11) is 1.60. The van der Waals surface area contributed by atoms with Crippen LogP contribution in [0.4, 0.5) is 5.13 Å². The minimum atomic E-state index is -0.333. The fourth-order valence-electron chi connectivity index (χ4n) is 3.93. The molecule has 1 fully saturated rings. The highest BCUT2D eigenvalue weighted by Crippen LogP contribution is 2.30. The molecule has 1 aliphatic carbocycles. The normalized spacial score (nSPS) is 19.0. The summed E-state index contributed by atoms with van der Waals surface area (Å²) in [6, 6.07) is 6.56. The lowest BCUT2D eigenvalue weighted by atomic mass is 9.90. The lowest BCUT2D eigenvalue weighted by molar-refractivity contribution is -0.128. The zero-order chi connectivity index (χ0) is 19.5. The standard InChI is InChI=1S/C21H25N3O3S/c1-27-9-8-24-12-17(11-19(24)25)20(26)23-21-22-18(13-28-21)16-7-6-14-4-2-3-5-15(14)10-16/h6-7,10,13,17H,2-5,8-9,11-12H2,1H3,(H,22,23,26). The lowest BCUT2D eigenvalue weighted by Crippen LogP contribution is -2.30. The molecule has 148 valence electrons. The van der Waals surface area contributed by atoms with Crippen LogP contribution in [0.1, 0.15) is 30.4 Å². The van der Waals surface area contributed by atoms with Gasteiger partial charge >= 0.3 is 0 Å². The highest BCUT2D eigenvalue weighted by atomic mass is 32.1. The van der Waals surface area contributed by atoms with Crippen LogP contribution in [0.5, 0.6) is 0 Å². The number of anilines is 1. The van der Waals surface area contributed by atoms with Gasteiger partial charge in [-0.05, 0) is 42.9 Å². The monoisotopic (exact) mass is 399 g/mol. The Bertz CT molecular complexity index is 880. The number of aryl methyl sites for hydroxylation is 2. The number of aromatic nitrogens is 1. The number of hydrogen-bond acceptors (Lipinski definition) is 5. The summed E-state index contributed by atoms with van der Waals surface area (Å²) in [4.78, 5) is 30.9. The van der Waals surface area contributed by atoms with Crippen molar-refractivity contribution < 1.29 is 14.3 Å². The number of rotatable bonds is 6. The fourth-order valence-corrected chi connectivity index (χ4v) is 4.65. The summed E-state index contributed by atoms with van der Waals surface area (Å²) in [6.07, 6.45) is 5.06. The van der Waals surface area contributed by atoms with Gasteiger partial charge < -0.3 is 15.0 Å². The maximum absolute atomic E-state index is 12.6. The van der Waals surface area contributed by atoms with Gasteiger partial charge in [0.15, 0.2) is 5.13 Å². The first-order valence-corrected chi connectivity index (χ1v) is 10.7. The molecule has 0 spiro atoms. The van der Waals surface area contributed by atoms with Gasteiger partial charge in [-0.2, -0.15) is 0 Å². The van der Waals surface area contributed by atoms with Gasteiger partial charge in [0, 0.05) is 37.6 Å². The second kappa shape index (κ2) is 8.41. The number of fused-ring (bicyclic) bond motifs is 1. The van der Waals surface area contributed by atoms with E-state index in [1.165, 1.54) is 35.3 Å². The number of nitrogens with zero attached hydrogens (tertiary/aromatic N) is 2. The van der Waals surface area contributed by atoms with E-state index in [1.54, 1.807) is 12.0 Å². The third kappa shape index (κ3) is 4.10. The van der Waals surface area contributed by atoms with Crippen LogP contribution >= 0.6 is 11.3 Å². The molecule has 1 saturated heterocycles.